The van der Waals surface area contributed by atoms with E-state index < -0.39 is 117 Å². The summed E-state index contributed by atoms with van der Waals surface area (Å²) in [6.07, 6.45) is 0.574. The summed E-state index contributed by atoms with van der Waals surface area (Å²) in [4.78, 5) is 0. The van der Waals surface area contributed by atoms with Gasteiger partial charge in [-0.25, -0.2) is 0 Å². The average Bonchev–Trinajstić information content (AvgIpc) is 3.03. The number of nitrogens with two attached hydrogens (primary N) is 2. The van der Waals surface area contributed by atoms with Crippen molar-refractivity contribution >= 4 is 11.4 Å². The van der Waals surface area contributed by atoms with Crippen LogP contribution in [0.1, 0.15) is 97.6 Å². The molecule has 0 spiro atoms. The number of hydrogen-bond donors (Lipinski definition) is 2. The van der Waals surface area contributed by atoms with Gasteiger partial charge in [-0.2, -0.15) is 87.8 Å². The zero-order valence-corrected chi connectivity index (χ0v) is 28.8. The topological polar surface area (TPSA) is 52.0 Å². The second-order valence-corrected chi connectivity index (χ2v) is 14.0. The number of alkyl halides is 20. The molecule has 22 heteroatoms. The fourth-order valence-corrected chi connectivity index (χ4v) is 6.48. The molecule has 4 rings (SSSR count). The van der Waals surface area contributed by atoms with E-state index in [9.17, 15) is 70.2 Å². The first-order valence-electron chi connectivity index (χ1n) is 16.7. The Labute approximate surface area is 304 Å². The van der Waals surface area contributed by atoms with Gasteiger partial charge in [0, 0.05) is 22.5 Å². The third-order valence-corrected chi connectivity index (χ3v) is 10.7. The van der Waals surface area contributed by atoms with Crippen LogP contribution in [0, 0.1) is 0 Å². The molecule has 2 aliphatic rings. The van der Waals surface area contributed by atoms with E-state index in [1.165, 1.54) is 0 Å². The number of benzene rings is 2. The number of hydrogen-bond acceptors (Lipinski definition) is 2. The van der Waals surface area contributed by atoms with Crippen LogP contribution in [-0.4, -0.2) is 47.4 Å². The van der Waals surface area contributed by atoms with Gasteiger partial charge in [-0.3, -0.25) is 0 Å². The van der Waals surface area contributed by atoms with Crippen LogP contribution >= 0.6 is 0 Å². The van der Waals surface area contributed by atoms with Crippen molar-refractivity contribution in [3.63, 3.8) is 0 Å². The molecule has 0 saturated heterocycles. The van der Waals surface area contributed by atoms with E-state index in [1.807, 2.05) is 0 Å². The van der Waals surface area contributed by atoms with Crippen molar-refractivity contribution in [3.8, 4) is 0 Å². The molecule has 0 atom stereocenters. The first kappa shape index (κ1) is 45.3. The Morgan fingerprint density at radius 3 is 0.839 bits per heavy atom. The highest BCUT2D eigenvalue weighted by Gasteiger charge is 2.97. The van der Waals surface area contributed by atoms with Crippen LogP contribution in [0.5, 0.6) is 0 Å². The number of anilines is 2. The highest BCUT2D eigenvalue weighted by Crippen LogP contribution is 2.68. The summed E-state index contributed by atoms with van der Waals surface area (Å²) >= 11 is 0. The minimum Gasteiger partial charge on any atom is -0.398 e. The van der Waals surface area contributed by atoms with Crippen molar-refractivity contribution in [1.29, 1.82) is 0 Å². The molecule has 318 valence electrons. The molecule has 2 saturated carbocycles. The van der Waals surface area contributed by atoms with Gasteiger partial charge in [0.15, 0.2) is 0 Å². The van der Waals surface area contributed by atoms with Gasteiger partial charge in [0.05, 0.1) is 0 Å². The van der Waals surface area contributed by atoms with E-state index in [1.54, 1.807) is 0 Å². The predicted molar refractivity (Wildman–Crippen MR) is 161 cm³/mol. The van der Waals surface area contributed by atoms with Crippen molar-refractivity contribution < 1.29 is 87.8 Å². The Balaban J connectivity index is 1.80. The van der Waals surface area contributed by atoms with E-state index >= 15 is 17.6 Å². The highest BCUT2D eigenvalue weighted by molar-refractivity contribution is 5.59. The second kappa shape index (κ2) is 13.6. The summed E-state index contributed by atoms with van der Waals surface area (Å²) < 4.78 is 298. The molecule has 0 amide bonds. The fourth-order valence-electron chi connectivity index (χ4n) is 6.48. The molecule has 2 aromatic rings. The third kappa shape index (κ3) is 5.88. The Bertz CT molecular complexity index is 1660. The lowest BCUT2D eigenvalue weighted by Gasteiger charge is -2.45. The van der Waals surface area contributed by atoms with Crippen LogP contribution in [0.2, 0.25) is 0 Å². The van der Waals surface area contributed by atoms with Crippen LogP contribution in [0.15, 0.2) is 24.3 Å². The van der Waals surface area contributed by atoms with Gasteiger partial charge in [0.2, 0.25) is 0 Å². The van der Waals surface area contributed by atoms with Gasteiger partial charge in [-0.15, -0.1) is 0 Å². The lowest BCUT2D eigenvalue weighted by atomic mass is 9.77. The van der Waals surface area contributed by atoms with E-state index in [0.717, 1.165) is 13.8 Å². The van der Waals surface area contributed by atoms with Gasteiger partial charge < -0.3 is 11.5 Å². The zero-order valence-electron chi connectivity index (χ0n) is 28.8. The molecule has 2 aromatic carbocycles. The quantitative estimate of drug-likeness (QED) is 0.139. The van der Waals surface area contributed by atoms with Gasteiger partial charge in [-0.05, 0) is 96.9 Å². The van der Waals surface area contributed by atoms with Crippen molar-refractivity contribution in [3.05, 3.63) is 57.6 Å². The summed E-state index contributed by atoms with van der Waals surface area (Å²) in [6, 6.07) is -0.0974. The first-order valence-corrected chi connectivity index (χ1v) is 16.7. The lowest BCUT2D eigenvalue weighted by Crippen LogP contribution is -2.76. The third-order valence-electron chi connectivity index (χ3n) is 10.7. The molecule has 56 heavy (non-hydrogen) atoms. The van der Waals surface area contributed by atoms with Crippen LogP contribution < -0.4 is 11.5 Å². The van der Waals surface area contributed by atoms with Crippen LogP contribution in [0.25, 0.3) is 0 Å². The Morgan fingerprint density at radius 1 is 0.411 bits per heavy atom. The van der Waals surface area contributed by atoms with Crippen molar-refractivity contribution in [1.82, 2.24) is 0 Å². The Hall–Kier alpha value is -3.36. The smallest absolute Gasteiger partial charge is 0.385 e. The largest absolute Gasteiger partial charge is 0.398 e. The van der Waals surface area contributed by atoms with E-state index in [4.69, 9.17) is 11.5 Å². The van der Waals surface area contributed by atoms with Gasteiger partial charge in [-0.1, -0.05) is 26.7 Å². The molecule has 0 heterocycles. The number of rotatable bonds is 15. The minimum absolute atomic E-state index is 0.00383. The minimum atomic E-state index is -9.11. The van der Waals surface area contributed by atoms with Gasteiger partial charge in [0.25, 0.3) is 0 Å². The molecule has 0 bridgehead atoms. The van der Waals surface area contributed by atoms with Crippen LogP contribution in [0.3, 0.4) is 0 Å². The van der Waals surface area contributed by atoms with E-state index in [-0.39, 0.29) is 61.3 Å². The maximum Gasteiger partial charge on any atom is 0.385 e. The summed E-state index contributed by atoms with van der Waals surface area (Å²) in [5, 5.41) is 0. The fraction of sp³-hybridized carbons (Fsp3) is 0.647. The molecule has 2 fully saturated rings. The van der Waals surface area contributed by atoms with Crippen LogP contribution in [0.4, 0.5) is 99.2 Å². The SMILES string of the molecule is CCc1cc(C(F)(F)C(F)(F)C(F)(F)C(F)(F)C(F)(F)C(F)(F)C(F)(F)C(F)(F)C(F)(F)C(F)(F)c2cc(CC)c(N)c(C3CCC3)c2)cc(C2CCC2)c1N. The first-order chi connectivity index (χ1) is 25.1. The maximum atomic E-state index is 15.2. The van der Waals surface area contributed by atoms with E-state index in [0.29, 0.717) is 12.8 Å². The molecule has 0 aromatic heterocycles. The monoisotopic (exact) mass is 848 g/mol. The maximum absolute atomic E-state index is 15.2. The molecule has 4 N–H and O–H groups in total. The van der Waals surface area contributed by atoms with Gasteiger partial charge >= 0.3 is 59.2 Å². The zero-order chi connectivity index (χ0) is 43.3. The van der Waals surface area contributed by atoms with Crippen molar-refractivity contribution in [2.45, 2.75) is 136 Å². The standard InChI is InChI=1S/C34H32F20N2/c1-3-15-11-19(13-21(23(15)55)17-7-5-8-17)25(35,36)27(39,40)29(43,44)31(47,48)33(51,52)34(53,54)32(49,50)30(45,46)28(41,42)26(37,38)20-12-16(4-2)24(56)22(14-20)18-9-6-10-18/h11-14,17-18H,3-10,55-56H2,1-2H3. The molecule has 2 nitrogen and oxygen atoms in total. The van der Waals surface area contributed by atoms with E-state index in [2.05, 4.69) is 0 Å². The van der Waals surface area contributed by atoms with Crippen molar-refractivity contribution in [2.75, 3.05) is 11.5 Å². The Kier molecular flexibility index (Phi) is 11.0. The number of halogens is 20. The highest BCUT2D eigenvalue weighted by atomic mass is 19.4. The summed E-state index contributed by atoms with van der Waals surface area (Å²) in [5.41, 5.74) is 4.35. The molecule has 0 unspecified atom stereocenters. The number of aryl methyl sites for hydroxylation is 2. The Morgan fingerprint density at radius 2 is 0.643 bits per heavy atom. The van der Waals surface area contributed by atoms with Gasteiger partial charge in [0.1, 0.15) is 0 Å². The lowest BCUT2D eigenvalue weighted by molar-refractivity contribution is -0.470. The van der Waals surface area contributed by atoms with Crippen molar-refractivity contribution in [2.24, 2.45) is 0 Å². The average molecular weight is 849 g/mol. The molecular weight excluding hydrogens is 816 g/mol. The normalized spacial score (nSPS) is 17.9. The summed E-state index contributed by atoms with van der Waals surface area (Å²) in [5.74, 6) is -84.6. The molecule has 0 radical (unpaired) electrons. The summed E-state index contributed by atoms with van der Waals surface area (Å²) in [6.45, 7) is 2.31. The molecule has 2 aliphatic carbocycles. The molecule has 0 aliphatic heterocycles. The van der Waals surface area contributed by atoms with Crippen LogP contribution in [-0.2, 0) is 24.7 Å². The predicted octanol–water partition coefficient (Wildman–Crippen LogP) is 12.5. The second-order valence-electron chi connectivity index (χ2n) is 14.0. The number of nitrogen functional groups attached to an aromatic ring is 2. The summed E-state index contributed by atoms with van der Waals surface area (Å²) in [7, 11) is 0. The molecular formula is C34H32F20N2.